The van der Waals surface area contributed by atoms with Gasteiger partial charge < -0.3 is 10.2 Å². The zero-order chi connectivity index (χ0) is 26.2. The Morgan fingerprint density at radius 1 is 1.11 bits per heavy atom. The molecule has 0 saturated heterocycles. The number of hydrogen-bond donors (Lipinski definition) is 3. The standard InChI is InChI=1S/C28H36N6O2S/c1-19(2)15-23(18-37)28(36)29-13-14-34(26(35)16-20-7-8-20)17-21-9-11-22(12-10-21)24-5-3-4-6-25(24)27-30-32-33-31-27/h3-6,9-12,19-20,23,37H,7-8,13-18H2,1-2H3,(H,29,36)(H,30,31,32,33). The lowest BCUT2D eigenvalue weighted by Gasteiger charge is -2.24. The number of tetrazole rings is 1. The Hall–Kier alpha value is -3.20. The third kappa shape index (κ3) is 7.64. The van der Waals surface area contributed by atoms with Crippen LogP contribution in [0.5, 0.6) is 0 Å². The molecule has 37 heavy (non-hydrogen) atoms. The molecule has 9 heteroatoms. The number of carbonyl (C=O) groups is 2. The number of hydrogen-bond acceptors (Lipinski definition) is 6. The predicted molar refractivity (Wildman–Crippen MR) is 148 cm³/mol. The smallest absolute Gasteiger partial charge is 0.224 e. The van der Waals surface area contributed by atoms with Crippen LogP contribution in [0.15, 0.2) is 48.5 Å². The van der Waals surface area contributed by atoms with E-state index in [0.29, 0.717) is 49.5 Å². The molecule has 0 aliphatic heterocycles. The molecule has 1 heterocycles. The van der Waals surface area contributed by atoms with E-state index in [1.165, 1.54) is 0 Å². The van der Waals surface area contributed by atoms with Crippen LogP contribution < -0.4 is 5.32 Å². The van der Waals surface area contributed by atoms with Gasteiger partial charge in [-0.15, -0.1) is 5.10 Å². The summed E-state index contributed by atoms with van der Waals surface area (Å²) in [5.74, 6) is 2.14. The highest BCUT2D eigenvalue weighted by Crippen LogP contribution is 2.33. The summed E-state index contributed by atoms with van der Waals surface area (Å²) < 4.78 is 0. The fraction of sp³-hybridized carbons (Fsp3) is 0.464. The lowest BCUT2D eigenvalue weighted by molar-refractivity contribution is -0.133. The third-order valence-electron chi connectivity index (χ3n) is 6.71. The number of nitrogens with zero attached hydrogens (tertiary/aromatic N) is 4. The van der Waals surface area contributed by atoms with E-state index in [1.807, 2.05) is 29.2 Å². The highest BCUT2D eigenvalue weighted by Gasteiger charge is 2.27. The van der Waals surface area contributed by atoms with Crippen molar-refractivity contribution in [1.29, 1.82) is 0 Å². The van der Waals surface area contributed by atoms with Crippen LogP contribution in [0.25, 0.3) is 22.5 Å². The van der Waals surface area contributed by atoms with Gasteiger partial charge in [0.15, 0.2) is 5.82 Å². The van der Waals surface area contributed by atoms with Crippen LogP contribution in [0.1, 0.15) is 45.1 Å². The highest BCUT2D eigenvalue weighted by atomic mass is 32.1. The van der Waals surface area contributed by atoms with Crippen LogP contribution in [-0.4, -0.2) is 56.2 Å². The number of amides is 2. The Balaban J connectivity index is 1.42. The van der Waals surface area contributed by atoms with Crippen LogP contribution in [0.4, 0.5) is 0 Å². The van der Waals surface area contributed by atoms with Gasteiger partial charge in [-0.05, 0) is 58.2 Å². The number of H-pyrrole nitrogens is 1. The summed E-state index contributed by atoms with van der Waals surface area (Å²) in [5, 5.41) is 17.3. The van der Waals surface area contributed by atoms with E-state index in [0.717, 1.165) is 41.5 Å². The molecule has 8 nitrogen and oxygen atoms in total. The Labute approximate surface area is 224 Å². The van der Waals surface area contributed by atoms with Crippen molar-refractivity contribution in [3.8, 4) is 22.5 Å². The minimum Gasteiger partial charge on any atom is -0.354 e. The molecule has 1 unspecified atom stereocenters. The second kappa shape index (κ2) is 12.9. The molecule has 4 rings (SSSR count). The molecule has 2 N–H and O–H groups in total. The zero-order valence-corrected chi connectivity index (χ0v) is 22.5. The molecule has 1 fully saturated rings. The summed E-state index contributed by atoms with van der Waals surface area (Å²) in [6, 6.07) is 16.2. The van der Waals surface area contributed by atoms with Crippen LogP contribution >= 0.6 is 12.6 Å². The van der Waals surface area contributed by atoms with Crippen molar-refractivity contribution in [3.63, 3.8) is 0 Å². The number of rotatable bonds is 13. The number of thiol groups is 1. The van der Waals surface area contributed by atoms with E-state index in [9.17, 15) is 9.59 Å². The molecule has 1 saturated carbocycles. The Morgan fingerprint density at radius 3 is 2.46 bits per heavy atom. The van der Waals surface area contributed by atoms with Gasteiger partial charge in [0.1, 0.15) is 0 Å². The molecule has 3 aromatic rings. The van der Waals surface area contributed by atoms with Gasteiger partial charge in [0.05, 0.1) is 0 Å². The summed E-state index contributed by atoms with van der Waals surface area (Å²) in [7, 11) is 0. The molecule has 1 aliphatic rings. The number of aromatic nitrogens is 4. The van der Waals surface area contributed by atoms with E-state index in [-0.39, 0.29) is 17.7 Å². The van der Waals surface area contributed by atoms with Crippen molar-refractivity contribution >= 4 is 24.4 Å². The molecule has 1 atom stereocenters. The average Bonchev–Trinajstić information content (AvgIpc) is 3.54. The van der Waals surface area contributed by atoms with E-state index < -0.39 is 0 Å². The van der Waals surface area contributed by atoms with Crippen LogP contribution in [0.3, 0.4) is 0 Å². The Kier molecular flexibility index (Phi) is 9.33. The fourth-order valence-corrected chi connectivity index (χ4v) is 4.82. The second-order valence-electron chi connectivity index (χ2n) is 10.3. The van der Waals surface area contributed by atoms with Gasteiger partial charge >= 0.3 is 0 Å². The van der Waals surface area contributed by atoms with Gasteiger partial charge in [-0.1, -0.05) is 62.4 Å². The van der Waals surface area contributed by atoms with Crippen molar-refractivity contribution in [3.05, 3.63) is 54.1 Å². The first kappa shape index (κ1) is 26.9. The second-order valence-corrected chi connectivity index (χ2v) is 10.6. The molecular formula is C28H36N6O2S. The predicted octanol–water partition coefficient (Wildman–Crippen LogP) is 4.37. The molecule has 0 radical (unpaired) electrons. The molecule has 1 aromatic heterocycles. The minimum absolute atomic E-state index is 0.0169. The first-order chi connectivity index (χ1) is 17.9. The molecule has 196 valence electrons. The number of benzene rings is 2. The molecule has 2 aromatic carbocycles. The first-order valence-electron chi connectivity index (χ1n) is 13.0. The molecule has 0 bridgehead atoms. The van der Waals surface area contributed by atoms with Gasteiger partial charge in [-0.2, -0.15) is 12.6 Å². The molecule has 1 aliphatic carbocycles. The molecular weight excluding hydrogens is 484 g/mol. The summed E-state index contributed by atoms with van der Waals surface area (Å²) >= 11 is 4.36. The minimum atomic E-state index is -0.109. The maximum absolute atomic E-state index is 13.1. The molecule has 2 amide bonds. The molecule has 0 spiro atoms. The lowest BCUT2D eigenvalue weighted by atomic mass is 9.98. The number of carbonyl (C=O) groups excluding carboxylic acids is 2. The van der Waals surface area contributed by atoms with Crippen LogP contribution in [-0.2, 0) is 16.1 Å². The van der Waals surface area contributed by atoms with Crippen molar-refractivity contribution in [1.82, 2.24) is 30.8 Å². The summed E-state index contributed by atoms with van der Waals surface area (Å²) in [6.07, 6.45) is 3.65. The van der Waals surface area contributed by atoms with Gasteiger partial charge in [-0.3, -0.25) is 9.59 Å². The van der Waals surface area contributed by atoms with Crippen molar-refractivity contribution in [2.24, 2.45) is 17.8 Å². The summed E-state index contributed by atoms with van der Waals surface area (Å²) in [5.41, 5.74) is 4.04. The quantitative estimate of drug-likeness (QED) is 0.290. The third-order valence-corrected chi connectivity index (χ3v) is 7.15. The Morgan fingerprint density at radius 2 is 1.84 bits per heavy atom. The summed E-state index contributed by atoms with van der Waals surface area (Å²) in [4.78, 5) is 27.5. The summed E-state index contributed by atoms with van der Waals surface area (Å²) in [6.45, 7) is 5.65. The largest absolute Gasteiger partial charge is 0.354 e. The fourth-order valence-electron chi connectivity index (χ4n) is 4.51. The Bertz CT molecular complexity index is 1160. The maximum Gasteiger partial charge on any atom is 0.224 e. The van der Waals surface area contributed by atoms with Gasteiger partial charge in [0.2, 0.25) is 11.8 Å². The monoisotopic (exact) mass is 520 g/mol. The van der Waals surface area contributed by atoms with E-state index in [2.05, 4.69) is 76.7 Å². The van der Waals surface area contributed by atoms with Gasteiger partial charge in [-0.25, -0.2) is 5.10 Å². The maximum atomic E-state index is 13.1. The van der Waals surface area contributed by atoms with Crippen molar-refractivity contribution in [2.45, 2.75) is 46.1 Å². The van der Waals surface area contributed by atoms with Crippen molar-refractivity contribution < 1.29 is 9.59 Å². The zero-order valence-electron chi connectivity index (χ0n) is 21.6. The SMILES string of the molecule is CC(C)CC(CS)C(=O)NCCN(Cc1ccc(-c2ccccc2-c2nnn[nH]2)cc1)C(=O)CC1CC1. The van der Waals surface area contributed by atoms with Crippen LogP contribution in [0.2, 0.25) is 0 Å². The van der Waals surface area contributed by atoms with E-state index in [4.69, 9.17) is 0 Å². The van der Waals surface area contributed by atoms with Crippen molar-refractivity contribution in [2.75, 3.05) is 18.8 Å². The lowest BCUT2D eigenvalue weighted by Crippen LogP contribution is -2.40. The van der Waals surface area contributed by atoms with E-state index in [1.54, 1.807) is 0 Å². The highest BCUT2D eigenvalue weighted by molar-refractivity contribution is 7.80. The topological polar surface area (TPSA) is 104 Å². The van der Waals surface area contributed by atoms with Gasteiger partial charge in [0.25, 0.3) is 0 Å². The van der Waals surface area contributed by atoms with Crippen LogP contribution in [0, 0.1) is 17.8 Å². The van der Waals surface area contributed by atoms with E-state index >= 15 is 0 Å². The first-order valence-corrected chi connectivity index (χ1v) is 13.7. The number of aromatic amines is 1. The normalized spacial score (nSPS) is 13.9. The number of nitrogens with one attached hydrogen (secondary N) is 2. The van der Waals surface area contributed by atoms with Gasteiger partial charge in [0, 0.05) is 43.3 Å². The average molecular weight is 521 g/mol.